The Labute approximate surface area is 116 Å². The molecule has 0 saturated heterocycles. The lowest BCUT2D eigenvalue weighted by atomic mass is 10.1. The molecular formula is C13H18N2O3S. The third kappa shape index (κ3) is 3.78. The van der Waals surface area contributed by atoms with Gasteiger partial charge in [-0.15, -0.1) is 11.3 Å². The van der Waals surface area contributed by atoms with Crippen LogP contribution in [0.5, 0.6) is 0 Å². The highest BCUT2D eigenvalue weighted by molar-refractivity contribution is 7.10. The zero-order chi connectivity index (χ0) is 13.7. The third-order valence-corrected chi connectivity index (χ3v) is 4.03. The molecule has 1 N–H and O–H groups in total. The minimum absolute atomic E-state index is 0.0288. The topological polar surface area (TPSA) is 58.6 Å². The van der Waals surface area contributed by atoms with E-state index in [2.05, 4.69) is 16.8 Å². The highest BCUT2D eigenvalue weighted by atomic mass is 32.1. The molecule has 0 bridgehead atoms. The van der Waals surface area contributed by atoms with E-state index >= 15 is 0 Å². The number of hydrogen-bond acceptors (Lipinski definition) is 5. The summed E-state index contributed by atoms with van der Waals surface area (Å²) in [4.78, 5) is 26.3. The van der Waals surface area contributed by atoms with Crippen molar-refractivity contribution in [3.05, 3.63) is 21.9 Å². The van der Waals surface area contributed by atoms with Gasteiger partial charge in [0.1, 0.15) is 0 Å². The van der Waals surface area contributed by atoms with Gasteiger partial charge in [-0.3, -0.25) is 14.9 Å². The van der Waals surface area contributed by atoms with Crippen molar-refractivity contribution >= 4 is 23.2 Å². The zero-order valence-corrected chi connectivity index (χ0v) is 11.8. The van der Waals surface area contributed by atoms with Gasteiger partial charge < -0.3 is 9.64 Å². The second kappa shape index (κ2) is 6.68. The normalized spacial score (nSPS) is 14.1. The Kier molecular flexibility index (Phi) is 4.93. The van der Waals surface area contributed by atoms with Gasteiger partial charge >= 0.3 is 5.97 Å². The molecule has 1 aliphatic rings. The van der Waals surface area contributed by atoms with Gasteiger partial charge in [0.25, 0.3) is 0 Å². The van der Waals surface area contributed by atoms with E-state index in [-0.39, 0.29) is 25.0 Å². The van der Waals surface area contributed by atoms with E-state index in [4.69, 9.17) is 4.74 Å². The van der Waals surface area contributed by atoms with Gasteiger partial charge in [-0.25, -0.2) is 0 Å². The lowest BCUT2D eigenvalue weighted by molar-refractivity contribution is -0.142. The minimum Gasteiger partial charge on any atom is -0.465 e. The molecule has 0 fully saturated rings. The number of rotatable bonds is 5. The van der Waals surface area contributed by atoms with Crippen LogP contribution in [0.3, 0.4) is 0 Å². The first-order valence-electron chi connectivity index (χ1n) is 6.40. The first-order valence-corrected chi connectivity index (χ1v) is 7.28. The van der Waals surface area contributed by atoms with Crippen LogP contribution in [-0.4, -0.2) is 43.0 Å². The van der Waals surface area contributed by atoms with Gasteiger partial charge in [-0.2, -0.15) is 0 Å². The SMILES string of the molecule is CCOC(=O)CNCC(=O)N1CCc2sccc2C1. The highest BCUT2D eigenvalue weighted by Crippen LogP contribution is 2.23. The molecule has 2 rings (SSSR count). The van der Waals surface area contributed by atoms with Gasteiger partial charge in [-0.1, -0.05) is 0 Å². The van der Waals surface area contributed by atoms with Gasteiger partial charge in [0.15, 0.2) is 0 Å². The first kappa shape index (κ1) is 14.0. The lowest BCUT2D eigenvalue weighted by Gasteiger charge is -2.27. The summed E-state index contributed by atoms with van der Waals surface area (Å²) in [6, 6.07) is 2.07. The summed E-state index contributed by atoms with van der Waals surface area (Å²) in [7, 11) is 0. The van der Waals surface area contributed by atoms with Gasteiger partial charge in [-0.05, 0) is 30.4 Å². The molecule has 6 heteroatoms. The molecule has 1 aliphatic heterocycles. The van der Waals surface area contributed by atoms with Crippen LogP contribution in [0.2, 0.25) is 0 Å². The zero-order valence-electron chi connectivity index (χ0n) is 11.0. The van der Waals surface area contributed by atoms with Crippen molar-refractivity contribution < 1.29 is 14.3 Å². The van der Waals surface area contributed by atoms with E-state index in [0.717, 1.165) is 13.0 Å². The van der Waals surface area contributed by atoms with Crippen molar-refractivity contribution in [2.45, 2.75) is 19.9 Å². The fourth-order valence-electron chi connectivity index (χ4n) is 2.06. The molecule has 5 nitrogen and oxygen atoms in total. The van der Waals surface area contributed by atoms with Gasteiger partial charge in [0, 0.05) is 18.0 Å². The fourth-order valence-corrected chi connectivity index (χ4v) is 2.95. The summed E-state index contributed by atoms with van der Waals surface area (Å²) < 4.78 is 4.78. The second-order valence-corrected chi connectivity index (χ2v) is 5.34. The maximum Gasteiger partial charge on any atom is 0.319 e. The van der Waals surface area contributed by atoms with Crippen LogP contribution in [0, 0.1) is 0 Å². The lowest BCUT2D eigenvalue weighted by Crippen LogP contribution is -2.42. The van der Waals surface area contributed by atoms with E-state index in [9.17, 15) is 9.59 Å². The Morgan fingerprint density at radius 3 is 3.11 bits per heavy atom. The van der Waals surface area contributed by atoms with Crippen LogP contribution < -0.4 is 5.32 Å². The number of carbonyl (C=O) groups is 2. The minimum atomic E-state index is -0.325. The standard InChI is InChI=1S/C13H18N2O3S/c1-2-18-13(17)8-14-7-12(16)15-5-3-11-10(9-15)4-6-19-11/h4,6,14H,2-3,5,7-9H2,1H3. The highest BCUT2D eigenvalue weighted by Gasteiger charge is 2.21. The van der Waals surface area contributed by atoms with Gasteiger partial charge in [0.2, 0.25) is 5.91 Å². The predicted octanol–water partition coefficient (Wildman–Crippen LogP) is 0.785. The van der Waals surface area contributed by atoms with Gasteiger partial charge in [0.05, 0.1) is 19.7 Å². The molecule has 0 spiro atoms. The van der Waals surface area contributed by atoms with Crippen LogP contribution in [0.25, 0.3) is 0 Å². The van der Waals surface area contributed by atoms with Crippen LogP contribution in [0.15, 0.2) is 11.4 Å². The van der Waals surface area contributed by atoms with E-state index < -0.39 is 0 Å². The van der Waals surface area contributed by atoms with E-state index in [1.807, 2.05) is 4.90 Å². The van der Waals surface area contributed by atoms with Crippen molar-refractivity contribution in [2.75, 3.05) is 26.2 Å². The Hall–Kier alpha value is -1.40. The summed E-state index contributed by atoms with van der Waals surface area (Å²) in [6.07, 6.45) is 0.927. The quantitative estimate of drug-likeness (QED) is 0.811. The number of fused-ring (bicyclic) bond motifs is 1. The van der Waals surface area contributed by atoms with Crippen molar-refractivity contribution in [3.63, 3.8) is 0 Å². The molecule has 104 valence electrons. The van der Waals surface area contributed by atoms with E-state index in [0.29, 0.717) is 13.2 Å². The molecule has 0 aliphatic carbocycles. The summed E-state index contributed by atoms with van der Waals surface area (Å²) in [5, 5.41) is 4.89. The Morgan fingerprint density at radius 1 is 1.47 bits per heavy atom. The van der Waals surface area contributed by atoms with Crippen molar-refractivity contribution in [2.24, 2.45) is 0 Å². The number of esters is 1. The van der Waals surface area contributed by atoms with Crippen molar-refractivity contribution in [3.8, 4) is 0 Å². The number of amides is 1. The summed E-state index contributed by atoms with van der Waals surface area (Å²) in [5.74, 6) is -0.296. The first-order chi connectivity index (χ1) is 9.20. The van der Waals surface area contributed by atoms with Crippen LogP contribution in [-0.2, 0) is 27.3 Å². The summed E-state index contributed by atoms with van der Waals surface area (Å²) >= 11 is 1.75. The average Bonchev–Trinajstić information content (AvgIpc) is 2.86. The monoisotopic (exact) mass is 282 g/mol. The van der Waals surface area contributed by atoms with Crippen LogP contribution >= 0.6 is 11.3 Å². The number of nitrogens with zero attached hydrogens (tertiary/aromatic N) is 1. The van der Waals surface area contributed by atoms with Crippen molar-refractivity contribution in [1.29, 1.82) is 0 Å². The fraction of sp³-hybridized carbons (Fsp3) is 0.538. The van der Waals surface area contributed by atoms with Crippen LogP contribution in [0.4, 0.5) is 0 Å². The number of thiophene rings is 1. The van der Waals surface area contributed by atoms with Crippen molar-refractivity contribution in [1.82, 2.24) is 10.2 Å². The molecule has 19 heavy (non-hydrogen) atoms. The number of nitrogens with one attached hydrogen (secondary N) is 1. The molecule has 1 amide bonds. The Balaban J connectivity index is 1.74. The smallest absolute Gasteiger partial charge is 0.319 e. The maximum atomic E-state index is 12.0. The maximum absolute atomic E-state index is 12.0. The molecule has 0 saturated carbocycles. The molecule has 1 aromatic rings. The number of ether oxygens (including phenoxy) is 1. The molecular weight excluding hydrogens is 264 g/mol. The van der Waals surface area contributed by atoms with E-state index in [1.54, 1.807) is 18.3 Å². The average molecular weight is 282 g/mol. The Morgan fingerprint density at radius 2 is 2.32 bits per heavy atom. The second-order valence-electron chi connectivity index (χ2n) is 4.34. The predicted molar refractivity (Wildman–Crippen MR) is 72.9 cm³/mol. The largest absolute Gasteiger partial charge is 0.465 e. The Bertz CT molecular complexity index is 458. The molecule has 0 atom stereocenters. The molecule has 2 heterocycles. The third-order valence-electron chi connectivity index (χ3n) is 3.01. The molecule has 0 radical (unpaired) electrons. The molecule has 1 aromatic heterocycles. The molecule has 0 unspecified atom stereocenters. The number of carbonyl (C=O) groups excluding carboxylic acids is 2. The molecule has 0 aromatic carbocycles. The van der Waals surface area contributed by atoms with E-state index in [1.165, 1.54) is 10.4 Å². The van der Waals surface area contributed by atoms with Crippen LogP contribution in [0.1, 0.15) is 17.4 Å². The summed E-state index contributed by atoms with van der Waals surface area (Å²) in [6.45, 7) is 3.82. The number of hydrogen-bond donors (Lipinski definition) is 1. The summed E-state index contributed by atoms with van der Waals surface area (Å²) in [5.41, 5.74) is 1.25.